The minimum Gasteiger partial charge on any atom is -0.480 e. The molecule has 0 saturated heterocycles. The molecule has 11 heteroatoms. The summed E-state index contributed by atoms with van der Waals surface area (Å²) in [7, 11) is 0. The van der Waals surface area contributed by atoms with Gasteiger partial charge in [-0.2, -0.15) is 22.9 Å². The molecule has 0 saturated carbocycles. The first-order chi connectivity index (χ1) is 18.0. The Kier molecular flexibility index (Phi) is 7.82. The number of nitrogens with zero attached hydrogens (tertiary/aromatic N) is 3. The Balaban J connectivity index is 1.71. The van der Waals surface area contributed by atoms with Crippen LogP contribution in [0.4, 0.5) is 13.2 Å². The number of carbonyl (C=O) groups excluding carboxylic acids is 1. The number of alkyl halides is 3. The number of halogens is 4. The number of aromatic nitrogens is 2. The van der Waals surface area contributed by atoms with E-state index in [9.17, 15) is 22.8 Å². The van der Waals surface area contributed by atoms with E-state index in [-0.39, 0.29) is 40.3 Å². The van der Waals surface area contributed by atoms with Crippen molar-refractivity contribution in [2.24, 2.45) is 5.10 Å². The number of rotatable bonds is 7. The fourth-order valence-corrected chi connectivity index (χ4v) is 3.77. The predicted octanol–water partition coefficient (Wildman–Crippen LogP) is 5.95. The summed E-state index contributed by atoms with van der Waals surface area (Å²) >= 11 is 6.27. The second kappa shape index (κ2) is 11.1. The third-order valence-electron chi connectivity index (χ3n) is 5.19. The number of para-hydroxylation sites is 1. The van der Waals surface area contributed by atoms with E-state index in [0.29, 0.717) is 11.1 Å². The van der Waals surface area contributed by atoms with Crippen LogP contribution in [0, 0.1) is 0 Å². The molecule has 196 valence electrons. The third kappa shape index (κ3) is 6.20. The fourth-order valence-electron chi connectivity index (χ4n) is 3.52. The molecule has 1 heterocycles. The maximum atomic E-state index is 13.3. The zero-order chi connectivity index (χ0) is 27.4. The molecule has 0 N–H and O–H groups in total. The second-order valence-electron chi connectivity index (χ2n) is 8.41. The van der Waals surface area contributed by atoms with Gasteiger partial charge in [-0.05, 0) is 61.9 Å². The molecule has 3 aromatic carbocycles. The monoisotopic (exact) mass is 543 g/mol. The van der Waals surface area contributed by atoms with Crippen LogP contribution in [0.15, 0.2) is 76.6 Å². The zero-order valence-electron chi connectivity index (χ0n) is 20.2. The van der Waals surface area contributed by atoms with Crippen LogP contribution in [0.3, 0.4) is 0 Å². The quantitative estimate of drug-likeness (QED) is 0.212. The molecule has 4 rings (SSSR count). The molecule has 0 fully saturated rings. The Labute approximate surface area is 220 Å². The van der Waals surface area contributed by atoms with Crippen molar-refractivity contribution in [2.75, 3.05) is 6.61 Å². The summed E-state index contributed by atoms with van der Waals surface area (Å²) in [6.07, 6.45) is -3.54. The smallest absolute Gasteiger partial charge is 0.416 e. The Morgan fingerprint density at radius 3 is 2.58 bits per heavy atom. The van der Waals surface area contributed by atoms with E-state index >= 15 is 0 Å². The van der Waals surface area contributed by atoms with Gasteiger partial charge >= 0.3 is 12.1 Å². The molecule has 1 aromatic heterocycles. The van der Waals surface area contributed by atoms with Gasteiger partial charge in [0.2, 0.25) is 0 Å². The van der Waals surface area contributed by atoms with Crippen LogP contribution < -0.4 is 10.3 Å². The van der Waals surface area contributed by atoms with E-state index in [2.05, 4.69) is 10.1 Å². The van der Waals surface area contributed by atoms with Gasteiger partial charge in [0.1, 0.15) is 5.75 Å². The SMILES string of the molecule is CC(C)OC(=O)COc1ccc(C=Nn2c(-c3cccc(C(F)(F)F)c3)nc3ccccc3c2=O)cc1Cl. The number of hydrogen-bond donors (Lipinski definition) is 0. The first kappa shape index (κ1) is 26.9. The van der Waals surface area contributed by atoms with Gasteiger partial charge in [0, 0.05) is 5.56 Å². The highest BCUT2D eigenvalue weighted by Crippen LogP contribution is 2.32. The van der Waals surface area contributed by atoms with Crippen molar-refractivity contribution in [1.82, 2.24) is 9.66 Å². The molecular formula is C27H21ClF3N3O4. The summed E-state index contributed by atoms with van der Waals surface area (Å²) in [5, 5.41) is 4.65. The highest BCUT2D eigenvalue weighted by molar-refractivity contribution is 6.32. The summed E-state index contributed by atoms with van der Waals surface area (Å²) in [4.78, 5) is 29.4. The van der Waals surface area contributed by atoms with Gasteiger partial charge < -0.3 is 9.47 Å². The lowest BCUT2D eigenvalue weighted by Crippen LogP contribution is -2.20. The second-order valence-corrected chi connectivity index (χ2v) is 8.82. The summed E-state index contributed by atoms with van der Waals surface area (Å²) in [5.41, 5.74) is -0.601. The summed E-state index contributed by atoms with van der Waals surface area (Å²) in [6, 6.07) is 15.6. The lowest BCUT2D eigenvalue weighted by molar-refractivity contribution is -0.149. The van der Waals surface area contributed by atoms with Crippen molar-refractivity contribution in [3.05, 3.63) is 93.2 Å². The molecule has 0 spiro atoms. The molecule has 0 aliphatic heterocycles. The molecule has 0 unspecified atom stereocenters. The molecule has 38 heavy (non-hydrogen) atoms. The molecule has 0 atom stereocenters. The van der Waals surface area contributed by atoms with E-state index in [0.717, 1.165) is 16.8 Å². The predicted molar refractivity (Wildman–Crippen MR) is 138 cm³/mol. The van der Waals surface area contributed by atoms with E-state index in [1.54, 1.807) is 44.2 Å². The summed E-state index contributed by atoms with van der Waals surface area (Å²) in [5.74, 6) is -0.378. The molecule has 0 bridgehead atoms. The van der Waals surface area contributed by atoms with Gasteiger partial charge in [0.05, 0.1) is 33.8 Å². The van der Waals surface area contributed by atoms with Gasteiger partial charge in [-0.3, -0.25) is 4.79 Å². The minimum absolute atomic E-state index is 0.0641. The van der Waals surface area contributed by atoms with Crippen LogP contribution in [0.25, 0.3) is 22.3 Å². The van der Waals surface area contributed by atoms with Crippen LogP contribution in [0.5, 0.6) is 5.75 Å². The zero-order valence-corrected chi connectivity index (χ0v) is 21.0. The average Bonchev–Trinajstić information content (AvgIpc) is 2.86. The standard InChI is InChI=1S/C27H21ClF3N3O4/c1-16(2)38-24(35)15-37-23-11-10-17(12-21(23)28)14-32-34-25(18-6-5-7-19(13-18)27(29,30)31)33-22-9-4-3-8-20(22)26(34)36/h3-14,16H,15H2,1-2H3. The first-order valence-corrected chi connectivity index (χ1v) is 11.8. The van der Waals surface area contributed by atoms with Crippen molar-refractivity contribution in [1.29, 1.82) is 0 Å². The van der Waals surface area contributed by atoms with Gasteiger partial charge in [-0.15, -0.1) is 0 Å². The summed E-state index contributed by atoms with van der Waals surface area (Å²) < 4.78 is 51.4. The molecule has 7 nitrogen and oxygen atoms in total. The van der Waals surface area contributed by atoms with Crippen molar-refractivity contribution < 1.29 is 27.4 Å². The van der Waals surface area contributed by atoms with E-state index < -0.39 is 23.3 Å². The third-order valence-corrected chi connectivity index (χ3v) is 5.49. The normalized spacial score (nSPS) is 11.9. The Hall–Kier alpha value is -4.18. The number of ether oxygens (including phenoxy) is 2. The van der Waals surface area contributed by atoms with Crippen molar-refractivity contribution >= 4 is 34.7 Å². The maximum absolute atomic E-state index is 13.3. The van der Waals surface area contributed by atoms with Crippen molar-refractivity contribution in [3.63, 3.8) is 0 Å². The van der Waals surface area contributed by atoms with E-state index in [1.807, 2.05) is 0 Å². The molecule has 4 aromatic rings. The summed E-state index contributed by atoms with van der Waals surface area (Å²) in [6.45, 7) is 3.10. The van der Waals surface area contributed by atoms with Crippen molar-refractivity contribution in [2.45, 2.75) is 26.1 Å². The Morgan fingerprint density at radius 1 is 1.11 bits per heavy atom. The van der Waals surface area contributed by atoms with Crippen LogP contribution in [0.1, 0.15) is 25.0 Å². The molecule has 0 radical (unpaired) electrons. The maximum Gasteiger partial charge on any atom is 0.416 e. The van der Waals surface area contributed by atoms with Gasteiger partial charge in [-0.1, -0.05) is 35.9 Å². The van der Waals surface area contributed by atoms with Crippen LogP contribution in [0.2, 0.25) is 5.02 Å². The highest BCUT2D eigenvalue weighted by Gasteiger charge is 2.31. The van der Waals surface area contributed by atoms with E-state index in [4.69, 9.17) is 21.1 Å². The topological polar surface area (TPSA) is 82.8 Å². The molecular weight excluding hydrogens is 523 g/mol. The highest BCUT2D eigenvalue weighted by atomic mass is 35.5. The van der Waals surface area contributed by atoms with Crippen molar-refractivity contribution in [3.8, 4) is 17.1 Å². The van der Waals surface area contributed by atoms with Gasteiger partial charge in [0.25, 0.3) is 5.56 Å². The largest absolute Gasteiger partial charge is 0.480 e. The average molecular weight is 544 g/mol. The fraction of sp³-hybridized carbons (Fsp3) is 0.185. The number of carbonyl (C=O) groups is 1. The Morgan fingerprint density at radius 2 is 1.87 bits per heavy atom. The number of hydrogen-bond acceptors (Lipinski definition) is 6. The molecule has 0 aliphatic rings. The lowest BCUT2D eigenvalue weighted by Gasteiger charge is -2.12. The van der Waals surface area contributed by atoms with E-state index in [1.165, 1.54) is 30.5 Å². The van der Waals surface area contributed by atoms with Gasteiger partial charge in [-0.25, -0.2) is 9.78 Å². The van der Waals surface area contributed by atoms with Crippen LogP contribution >= 0.6 is 11.6 Å². The number of benzene rings is 3. The molecule has 0 amide bonds. The molecule has 0 aliphatic carbocycles. The minimum atomic E-state index is -4.58. The number of esters is 1. The van der Waals surface area contributed by atoms with Crippen LogP contribution in [-0.4, -0.2) is 34.6 Å². The van der Waals surface area contributed by atoms with Gasteiger partial charge in [0.15, 0.2) is 12.4 Å². The Bertz CT molecular complexity index is 1580. The number of fused-ring (bicyclic) bond motifs is 1. The van der Waals surface area contributed by atoms with Crippen LogP contribution in [-0.2, 0) is 15.7 Å². The first-order valence-electron chi connectivity index (χ1n) is 11.4. The lowest BCUT2D eigenvalue weighted by atomic mass is 10.1.